The zero-order valence-corrected chi connectivity index (χ0v) is 16.8. The predicted octanol–water partition coefficient (Wildman–Crippen LogP) is 3.94. The Labute approximate surface area is 174 Å². The largest absolute Gasteiger partial charge is 0.490 e. The summed E-state index contributed by atoms with van der Waals surface area (Å²) in [5.41, 5.74) is 1.64. The lowest BCUT2D eigenvalue weighted by Crippen LogP contribution is -2.30. The molecule has 0 unspecified atom stereocenters. The minimum absolute atomic E-state index is 0.253. The van der Waals surface area contributed by atoms with Gasteiger partial charge in [-0.2, -0.15) is 0 Å². The predicted molar refractivity (Wildman–Crippen MR) is 110 cm³/mol. The van der Waals surface area contributed by atoms with Crippen molar-refractivity contribution in [3.63, 3.8) is 0 Å². The SMILES string of the molecule is C[C@@H](NC(=O)COC(=O)/C=C/c1ccc2c(c1)OCCCO2)c1cccc(Cl)c1. The van der Waals surface area contributed by atoms with Gasteiger partial charge in [-0.1, -0.05) is 29.8 Å². The summed E-state index contributed by atoms with van der Waals surface area (Å²) in [6.07, 6.45) is 3.69. The summed E-state index contributed by atoms with van der Waals surface area (Å²) in [4.78, 5) is 23.9. The van der Waals surface area contributed by atoms with Gasteiger partial charge in [0.2, 0.25) is 0 Å². The fourth-order valence-electron chi connectivity index (χ4n) is 2.78. The molecule has 0 saturated heterocycles. The first kappa shape index (κ1) is 20.7. The third-order valence-corrected chi connectivity index (χ3v) is 4.49. The van der Waals surface area contributed by atoms with Gasteiger partial charge < -0.3 is 19.5 Å². The van der Waals surface area contributed by atoms with E-state index in [0.29, 0.717) is 29.7 Å². The zero-order chi connectivity index (χ0) is 20.6. The van der Waals surface area contributed by atoms with Crippen molar-refractivity contribution in [3.05, 3.63) is 64.7 Å². The molecule has 2 aromatic carbocycles. The molecule has 1 N–H and O–H groups in total. The quantitative estimate of drug-likeness (QED) is 0.571. The van der Waals surface area contributed by atoms with Gasteiger partial charge in [0.05, 0.1) is 19.3 Å². The van der Waals surface area contributed by atoms with Crippen molar-refractivity contribution in [3.8, 4) is 11.5 Å². The first-order valence-corrected chi connectivity index (χ1v) is 9.68. The summed E-state index contributed by atoms with van der Waals surface area (Å²) in [6.45, 7) is 2.67. The lowest BCUT2D eigenvalue weighted by atomic mass is 10.1. The lowest BCUT2D eigenvalue weighted by molar-refractivity contribution is -0.144. The van der Waals surface area contributed by atoms with Crippen molar-refractivity contribution in [2.75, 3.05) is 19.8 Å². The van der Waals surface area contributed by atoms with Crippen LogP contribution in [0.25, 0.3) is 6.08 Å². The Balaban J connectivity index is 1.48. The number of carbonyl (C=O) groups excluding carboxylic acids is 2. The summed E-state index contributed by atoms with van der Waals surface area (Å²) >= 11 is 5.96. The smallest absolute Gasteiger partial charge is 0.331 e. The molecule has 29 heavy (non-hydrogen) atoms. The minimum Gasteiger partial charge on any atom is -0.490 e. The fourth-order valence-corrected chi connectivity index (χ4v) is 2.97. The van der Waals surface area contributed by atoms with E-state index in [9.17, 15) is 9.59 Å². The summed E-state index contributed by atoms with van der Waals surface area (Å²) in [7, 11) is 0. The van der Waals surface area contributed by atoms with Gasteiger partial charge in [-0.3, -0.25) is 4.79 Å². The van der Waals surface area contributed by atoms with Crippen molar-refractivity contribution in [2.45, 2.75) is 19.4 Å². The van der Waals surface area contributed by atoms with E-state index in [4.69, 9.17) is 25.8 Å². The molecule has 0 fully saturated rings. The number of hydrogen-bond donors (Lipinski definition) is 1. The maximum absolute atomic E-state index is 12.0. The molecule has 6 nitrogen and oxygen atoms in total. The van der Waals surface area contributed by atoms with Crippen molar-refractivity contribution in [1.29, 1.82) is 0 Å². The Morgan fingerprint density at radius 3 is 2.76 bits per heavy atom. The Hall–Kier alpha value is -2.99. The van der Waals surface area contributed by atoms with E-state index >= 15 is 0 Å². The van der Waals surface area contributed by atoms with Crippen LogP contribution in [0.5, 0.6) is 11.5 Å². The van der Waals surface area contributed by atoms with Crippen LogP contribution in [0.3, 0.4) is 0 Å². The number of ether oxygens (including phenoxy) is 3. The Bertz CT molecular complexity index is 912. The fraction of sp³-hybridized carbons (Fsp3) is 0.273. The van der Waals surface area contributed by atoms with E-state index < -0.39 is 11.9 Å². The van der Waals surface area contributed by atoms with Gasteiger partial charge >= 0.3 is 5.97 Å². The molecule has 0 aliphatic carbocycles. The second-order valence-corrected chi connectivity index (χ2v) is 6.98. The van der Waals surface area contributed by atoms with Gasteiger partial charge in [0.1, 0.15) is 0 Å². The summed E-state index contributed by atoms with van der Waals surface area (Å²) < 4.78 is 16.2. The number of rotatable bonds is 6. The molecule has 0 bridgehead atoms. The van der Waals surface area contributed by atoms with E-state index in [1.54, 1.807) is 30.3 Å². The molecule has 152 valence electrons. The van der Waals surface area contributed by atoms with Gasteiger partial charge in [-0.05, 0) is 48.4 Å². The summed E-state index contributed by atoms with van der Waals surface area (Å²) in [5.74, 6) is 0.331. The Morgan fingerprint density at radius 1 is 1.17 bits per heavy atom. The number of fused-ring (bicyclic) bond motifs is 1. The van der Waals surface area contributed by atoms with Crippen LogP contribution in [0.1, 0.15) is 30.5 Å². The van der Waals surface area contributed by atoms with Crippen molar-refractivity contribution < 1.29 is 23.8 Å². The molecule has 0 saturated carbocycles. The molecule has 1 atom stereocenters. The van der Waals surface area contributed by atoms with Gasteiger partial charge in [-0.15, -0.1) is 0 Å². The number of nitrogens with one attached hydrogen (secondary N) is 1. The van der Waals surface area contributed by atoms with Gasteiger partial charge in [-0.25, -0.2) is 4.79 Å². The first-order chi connectivity index (χ1) is 14.0. The molecule has 7 heteroatoms. The summed E-state index contributed by atoms with van der Waals surface area (Å²) in [5, 5.41) is 3.36. The van der Waals surface area contributed by atoms with Gasteiger partial charge in [0.15, 0.2) is 18.1 Å². The Kier molecular flexibility index (Phi) is 7.14. The first-order valence-electron chi connectivity index (χ1n) is 9.30. The number of hydrogen-bond acceptors (Lipinski definition) is 5. The highest BCUT2D eigenvalue weighted by Crippen LogP contribution is 2.30. The molecular formula is C22H22ClNO5. The van der Waals surface area contributed by atoms with Crippen LogP contribution < -0.4 is 14.8 Å². The lowest BCUT2D eigenvalue weighted by Gasteiger charge is -2.14. The average Bonchev–Trinajstić information content (AvgIpc) is 2.95. The third kappa shape index (κ3) is 6.26. The van der Waals surface area contributed by atoms with Crippen molar-refractivity contribution in [1.82, 2.24) is 5.32 Å². The Morgan fingerprint density at radius 2 is 1.97 bits per heavy atom. The molecule has 0 aromatic heterocycles. The number of carbonyl (C=O) groups is 2. The maximum atomic E-state index is 12.0. The van der Waals surface area contributed by atoms with Crippen LogP contribution >= 0.6 is 11.6 Å². The third-order valence-electron chi connectivity index (χ3n) is 4.26. The molecule has 1 aliphatic rings. The standard InChI is InChI=1S/C22H22ClNO5/c1-15(17-4-2-5-18(23)13-17)24-21(25)14-29-22(26)9-7-16-6-8-19-20(12-16)28-11-3-10-27-19/h2,4-9,12-13,15H,3,10-11,14H2,1H3,(H,24,25)/b9-7+/t15-/m1/s1. The van der Waals surface area contributed by atoms with E-state index in [1.807, 2.05) is 25.1 Å². The van der Waals surface area contributed by atoms with Crippen LogP contribution in [0.15, 0.2) is 48.5 Å². The second-order valence-electron chi connectivity index (χ2n) is 6.54. The number of amides is 1. The van der Waals surface area contributed by atoms with Crippen LogP contribution in [-0.4, -0.2) is 31.7 Å². The number of benzene rings is 2. The zero-order valence-electron chi connectivity index (χ0n) is 16.0. The van der Waals surface area contributed by atoms with Gasteiger partial charge in [0, 0.05) is 17.5 Å². The van der Waals surface area contributed by atoms with Crippen LogP contribution in [-0.2, 0) is 14.3 Å². The molecule has 0 spiro atoms. The highest BCUT2D eigenvalue weighted by Gasteiger charge is 2.12. The van der Waals surface area contributed by atoms with Crippen LogP contribution in [0.4, 0.5) is 0 Å². The normalized spacial score (nSPS) is 14.1. The number of esters is 1. The highest BCUT2D eigenvalue weighted by molar-refractivity contribution is 6.30. The van der Waals surface area contributed by atoms with E-state index in [1.165, 1.54) is 6.08 Å². The molecule has 3 rings (SSSR count). The van der Waals surface area contributed by atoms with Crippen LogP contribution in [0.2, 0.25) is 5.02 Å². The van der Waals surface area contributed by atoms with Crippen molar-refractivity contribution in [2.24, 2.45) is 0 Å². The van der Waals surface area contributed by atoms with E-state index in [-0.39, 0.29) is 12.6 Å². The molecule has 1 heterocycles. The molecule has 2 aromatic rings. The average molecular weight is 416 g/mol. The van der Waals surface area contributed by atoms with E-state index in [2.05, 4.69) is 5.32 Å². The maximum Gasteiger partial charge on any atom is 0.331 e. The number of halogens is 1. The molecular weight excluding hydrogens is 394 g/mol. The highest BCUT2D eigenvalue weighted by atomic mass is 35.5. The molecule has 0 radical (unpaired) electrons. The summed E-state index contributed by atoms with van der Waals surface area (Å²) in [6, 6.07) is 12.4. The van der Waals surface area contributed by atoms with Crippen molar-refractivity contribution >= 4 is 29.6 Å². The van der Waals surface area contributed by atoms with Crippen LogP contribution in [0, 0.1) is 0 Å². The molecule has 1 aliphatic heterocycles. The van der Waals surface area contributed by atoms with E-state index in [0.717, 1.165) is 17.5 Å². The monoisotopic (exact) mass is 415 g/mol. The minimum atomic E-state index is -0.609. The molecule has 1 amide bonds. The van der Waals surface area contributed by atoms with Gasteiger partial charge in [0.25, 0.3) is 5.91 Å². The topological polar surface area (TPSA) is 73.9 Å². The second kappa shape index (κ2) is 9.98.